The van der Waals surface area contributed by atoms with Crippen molar-refractivity contribution in [2.75, 3.05) is 25.2 Å². The largest absolute Gasteiger partial charge is 0.376 e. The van der Waals surface area contributed by atoms with Crippen LogP contribution in [0.2, 0.25) is 0 Å². The molecule has 3 atom stereocenters. The molecule has 0 radical (unpaired) electrons. The van der Waals surface area contributed by atoms with Crippen molar-refractivity contribution in [1.29, 1.82) is 0 Å². The SMILES string of the molecule is CCOP(=O)(OCC)C1=CC(C)(C)[C@@H]2C(=O)N(c3ccccc3)C(=O)[C@@H]2[C@@H]1OC. The highest BCUT2D eigenvalue weighted by Gasteiger charge is 2.62. The van der Waals surface area contributed by atoms with Gasteiger partial charge in [0.15, 0.2) is 0 Å². The Morgan fingerprint density at radius 2 is 1.62 bits per heavy atom. The molecule has 0 N–H and O–H groups in total. The van der Waals surface area contributed by atoms with Crippen LogP contribution in [0.1, 0.15) is 27.7 Å². The Balaban J connectivity index is 2.12. The van der Waals surface area contributed by atoms with E-state index in [9.17, 15) is 14.2 Å². The molecule has 2 aliphatic rings. The molecular formula is C21H28NO6P. The molecule has 3 rings (SSSR count). The highest BCUT2D eigenvalue weighted by Crippen LogP contribution is 2.63. The van der Waals surface area contributed by atoms with Crippen LogP contribution in [0, 0.1) is 17.3 Å². The number of hydrogen-bond acceptors (Lipinski definition) is 6. The van der Waals surface area contributed by atoms with E-state index in [1.165, 1.54) is 12.0 Å². The normalized spacial score (nSPS) is 26.4. The predicted octanol–water partition coefficient (Wildman–Crippen LogP) is 4.00. The molecule has 1 aliphatic heterocycles. The maximum atomic E-state index is 13.6. The monoisotopic (exact) mass is 421 g/mol. The third-order valence-electron chi connectivity index (χ3n) is 5.47. The summed E-state index contributed by atoms with van der Waals surface area (Å²) in [6, 6.07) is 8.82. The third kappa shape index (κ3) is 3.61. The van der Waals surface area contributed by atoms with Crippen LogP contribution < -0.4 is 4.90 Å². The lowest BCUT2D eigenvalue weighted by Crippen LogP contribution is -2.44. The van der Waals surface area contributed by atoms with Crippen molar-refractivity contribution in [2.24, 2.45) is 17.3 Å². The van der Waals surface area contributed by atoms with E-state index < -0.39 is 31.0 Å². The molecule has 158 valence electrons. The van der Waals surface area contributed by atoms with Gasteiger partial charge in [0.2, 0.25) is 11.8 Å². The van der Waals surface area contributed by atoms with Gasteiger partial charge in [0, 0.05) is 7.11 Å². The van der Waals surface area contributed by atoms with E-state index in [0.29, 0.717) is 11.0 Å². The van der Waals surface area contributed by atoms with Crippen molar-refractivity contribution < 1.29 is 27.9 Å². The number of fused-ring (bicyclic) bond motifs is 1. The summed E-state index contributed by atoms with van der Waals surface area (Å²) in [7, 11) is -2.24. The lowest BCUT2D eigenvalue weighted by Gasteiger charge is -2.41. The first-order valence-corrected chi connectivity index (χ1v) is 11.3. The summed E-state index contributed by atoms with van der Waals surface area (Å²) < 4.78 is 30.3. The Bertz CT molecular complexity index is 855. The van der Waals surface area contributed by atoms with Gasteiger partial charge >= 0.3 is 7.60 Å². The number of allylic oxidation sites excluding steroid dienone is 1. The third-order valence-corrected chi connectivity index (χ3v) is 7.69. The van der Waals surface area contributed by atoms with Crippen LogP contribution in [-0.4, -0.2) is 38.2 Å². The van der Waals surface area contributed by atoms with Crippen molar-refractivity contribution >= 4 is 25.1 Å². The average Bonchev–Trinajstić information content (AvgIpc) is 2.94. The zero-order chi connectivity index (χ0) is 21.4. The van der Waals surface area contributed by atoms with Crippen molar-refractivity contribution in [2.45, 2.75) is 33.8 Å². The van der Waals surface area contributed by atoms with Gasteiger partial charge in [-0.15, -0.1) is 0 Å². The minimum atomic E-state index is -3.68. The first kappa shape index (κ1) is 21.9. The summed E-state index contributed by atoms with van der Waals surface area (Å²) >= 11 is 0. The number of ether oxygens (including phenoxy) is 1. The predicted molar refractivity (Wildman–Crippen MR) is 109 cm³/mol. The van der Waals surface area contributed by atoms with Gasteiger partial charge in [-0.25, -0.2) is 4.90 Å². The van der Waals surface area contributed by atoms with Crippen LogP contribution >= 0.6 is 7.60 Å². The molecule has 1 aromatic carbocycles. The number of carbonyl (C=O) groups excluding carboxylic acids is 2. The molecule has 8 heteroatoms. The van der Waals surface area contributed by atoms with E-state index in [1.807, 2.05) is 19.9 Å². The second-order valence-electron chi connectivity index (χ2n) is 7.73. The van der Waals surface area contributed by atoms with Gasteiger partial charge < -0.3 is 13.8 Å². The molecule has 1 aromatic rings. The Labute approximate surface area is 171 Å². The van der Waals surface area contributed by atoms with E-state index in [2.05, 4.69) is 0 Å². The Kier molecular flexibility index (Phi) is 6.16. The molecule has 0 aromatic heterocycles. The van der Waals surface area contributed by atoms with Crippen LogP contribution in [-0.2, 0) is 27.9 Å². The topological polar surface area (TPSA) is 82.1 Å². The summed E-state index contributed by atoms with van der Waals surface area (Å²) in [4.78, 5) is 28.0. The number of carbonyl (C=O) groups is 2. The summed E-state index contributed by atoms with van der Waals surface area (Å²) in [5.74, 6) is -2.09. The van der Waals surface area contributed by atoms with Gasteiger partial charge in [-0.05, 0) is 31.4 Å². The molecule has 1 saturated heterocycles. The number of rotatable bonds is 7. The Hall–Kier alpha value is -1.79. The highest BCUT2D eigenvalue weighted by molar-refractivity contribution is 7.58. The van der Waals surface area contributed by atoms with Crippen molar-refractivity contribution in [3.63, 3.8) is 0 Å². The number of imide groups is 1. The Morgan fingerprint density at radius 3 is 2.14 bits per heavy atom. The number of methoxy groups -OCH3 is 1. The number of hydrogen-bond donors (Lipinski definition) is 0. The molecular weight excluding hydrogens is 393 g/mol. The molecule has 0 saturated carbocycles. The maximum Gasteiger partial charge on any atom is 0.359 e. The summed E-state index contributed by atoms with van der Waals surface area (Å²) in [6.45, 7) is 7.54. The molecule has 1 fully saturated rings. The number of benzene rings is 1. The van der Waals surface area contributed by atoms with E-state index in [4.69, 9.17) is 13.8 Å². The van der Waals surface area contributed by atoms with Gasteiger partial charge in [0.05, 0.1) is 36.1 Å². The van der Waals surface area contributed by atoms with Crippen LogP contribution in [0.15, 0.2) is 41.7 Å². The van der Waals surface area contributed by atoms with E-state index in [1.54, 1.807) is 44.2 Å². The number of para-hydroxylation sites is 1. The van der Waals surface area contributed by atoms with Crippen LogP contribution in [0.4, 0.5) is 5.69 Å². The van der Waals surface area contributed by atoms with Gasteiger partial charge in [0.25, 0.3) is 0 Å². The fraction of sp³-hybridized carbons (Fsp3) is 0.524. The zero-order valence-electron chi connectivity index (χ0n) is 17.5. The lowest BCUT2D eigenvalue weighted by atomic mass is 9.67. The zero-order valence-corrected chi connectivity index (χ0v) is 18.3. The van der Waals surface area contributed by atoms with E-state index in [0.717, 1.165) is 0 Å². The number of amides is 2. The standard InChI is InChI=1S/C21H28NO6P/c1-6-27-29(25,28-7-2)15-13-21(3,4)17-16(18(15)26-5)19(23)22(20(17)24)14-11-9-8-10-12-14/h8-13,16-18H,6-7H2,1-5H3/t16-,17-,18+/m0/s1. The lowest BCUT2D eigenvalue weighted by molar-refractivity contribution is -0.127. The summed E-state index contributed by atoms with van der Waals surface area (Å²) in [5.41, 5.74) is -0.225. The molecule has 1 aliphatic carbocycles. The average molecular weight is 421 g/mol. The molecule has 7 nitrogen and oxygen atoms in total. The molecule has 0 spiro atoms. The molecule has 0 unspecified atom stereocenters. The highest BCUT2D eigenvalue weighted by atomic mass is 31.2. The molecule has 1 heterocycles. The van der Waals surface area contributed by atoms with Gasteiger partial charge in [-0.1, -0.05) is 38.1 Å². The summed E-state index contributed by atoms with van der Waals surface area (Å²) in [5, 5.41) is 0.311. The van der Waals surface area contributed by atoms with Crippen molar-refractivity contribution in [3.8, 4) is 0 Å². The number of nitrogens with zero attached hydrogens (tertiary/aromatic N) is 1. The molecule has 0 bridgehead atoms. The first-order chi connectivity index (χ1) is 13.7. The van der Waals surface area contributed by atoms with Crippen molar-refractivity contribution in [3.05, 3.63) is 41.7 Å². The smallest absolute Gasteiger partial charge is 0.359 e. The van der Waals surface area contributed by atoms with Crippen LogP contribution in [0.3, 0.4) is 0 Å². The fourth-order valence-electron chi connectivity index (χ4n) is 4.38. The van der Waals surface area contributed by atoms with Crippen molar-refractivity contribution in [1.82, 2.24) is 0 Å². The van der Waals surface area contributed by atoms with Gasteiger partial charge in [-0.2, -0.15) is 0 Å². The maximum absolute atomic E-state index is 13.6. The second-order valence-corrected chi connectivity index (χ2v) is 9.76. The molecule has 2 amide bonds. The molecule has 29 heavy (non-hydrogen) atoms. The van der Waals surface area contributed by atoms with Gasteiger partial charge in [-0.3, -0.25) is 14.2 Å². The Morgan fingerprint density at radius 1 is 1.03 bits per heavy atom. The van der Waals surface area contributed by atoms with E-state index >= 15 is 0 Å². The minimum absolute atomic E-state index is 0.183. The fourth-order valence-corrected chi connectivity index (χ4v) is 6.50. The first-order valence-electron chi connectivity index (χ1n) is 9.80. The number of anilines is 1. The van der Waals surface area contributed by atoms with E-state index in [-0.39, 0.29) is 25.0 Å². The quantitative estimate of drug-likeness (QED) is 0.489. The summed E-state index contributed by atoms with van der Waals surface area (Å²) in [6.07, 6.45) is 0.871. The van der Waals surface area contributed by atoms with Gasteiger partial charge in [0.1, 0.15) is 6.10 Å². The minimum Gasteiger partial charge on any atom is -0.376 e. The van der Waals surface area contributed by atoms with Crippen LogP contribution in [0.5, 0.6) is 0 Å². The van der Waals surface area contributed by atoms with Crippen LogP contribution in [0.25, 0.3) is 0 Å². The second kappa shape index (κ2) is 8.15.